The second-order valence-corrected chi connectivity index (χ2v) is 7.53. The number of ketones is 1. The summed E-state index contributed by atoms with van der Waals surface area (Å²) in [4.78, 5) is 29.4. The van der Waals surface area contributed by atoms with Gasteiger partial charge in [0, 0.05) is 16.7 Å². The molecule has 4 aromatic rings. The molecule has 0 bridgehead atoms. The van der Waals surface area contributed by atoms with Gasteiger partial charge in [0.15, 0.2) is 5.78 Å². The standard InChI is InChI=1S/C25H22N2O5/c1-14-5-7-17(8-6-14)21-12-20(23-15(2)27-32-24(23)26-21)25(29)31-13-19-11-18(16(3)28)9-10-22(19)30-4/h5-12H,13H2,1-4H3. The van der Waals surface area contributed by atoms with Gasteiger partial charge in [0.25, 0.3) is 5.71 Å². The third kappa shape index (κ3) is 4.09. The Balaban J connectivity index is 1.69. The molecule has 0 aliphatic rings. The fourth-order valence-corrected chi connectivity index (χ4v) is 3.46. The van der Waals surface area contributed by atoms with E-state index in [1.54, 1.807) is 31.2 Å². The van der Waals surface area contributed by atoms with Gasteiger partial charge in [-0.1, -0.05) is 35.0 Å². The number of fused-ring (bicyclic) bond motifs is 1. The molecule has 2 aromatic heterocycles. The SMILES string of the molecule is COc1ccc(C(C)=O)cc1COC(=O)c1cc(-c2ccc(C)cc2)nc2onc(C)c12. The zero-order valence-corrected chi connectivity index (χ0v) is 18.3. The highest BCUT2D eigenvalue weighted by Gasteiger charge is 2.21. The van der Waals surface area contributed by atoms with Crippen LogP contribution < -0.4 is 4.74 Å². The Hall–Kier alpha value is -4.00. The van der Waals surface area contributed by atoms with Crippen molar-refractivity contribution in [3.63, 3.8) is 0 Å². The molecule has 0 saturated carbocycles. The third-order valence-electron chi connectivity index (χ3n) is 5.23. The third-order valence-corrected chi connectivity index (χ3v) is 5.23. The van der Waals surface area contributed by atoms with Gasteiger partial charge in [0.05, 0.1) is 29.4 Å². The first-order chi connectivity index (χ1) is 15.4. The Labute approximate surface area is 185 Å². The maximum Gasteiger partial charge on any atom is 0.339 e. The zero-order valence-electron chi connectivity index (χ0n) is 18.3. The van der Waals surface area contributed by atoms with Crippen molar-refractivity contribution in [1.82, 2.24) is 10.1 Å². The summed E-state index contributed by atoms with van der Waals surface area (Å²) in [6.07, 6.45) is 0. The molecule has 0 spiro atoms. The zero-order chi connectivity index (χ0) is 22.8. The summed E-state index contributed by atoms with van der Waals surface area (Å²) >= 11 is 0. The molecule has 0 saturated heterocycles. The van der Waals surface area contributed by atoms with E-state index in [2.05, 4.69) is 10.1 Å². The number of methoxy groups -OCH3 is 1. The highest BCUT2D eigenvalue weighted by Crippen LogP contribution is 2.28. The molecule has 0 amide bonds. The number of carbonyl (C=O) groups is 2. The number of esters is 1. The number of pyridine rings is 1. The van der Waals surface area contributed by atoms with Gasteiger partial charge in [-0.15, -0.1) is 0 Å². The van der Waals surface area contributed by atoms with Crippen molar-refractivity contribution in [2.75, 3.05) is 7.11 Å². The van der Waals surface area contributed by atoms with Gasteiger partial charge in [-0.2, -0.15) is 0 Å². The lowest BCUT2D eigenvalue weighted by Crippen LogP contribution is -2.08. The highest BCUT2D eigenvalue weighted by atomic mass is 16.5. The lowest BCUT2D eigenvalue weighted by molar-refractivity contribution is 0.0472. The summed E-state index contributed by atoms with van der Waals surface area (Å²) in [5.74, 6) is -0.101. The Morgan fingerprint density at radius 2 is 1.78 bits per heavy atom. The fraction of sp³-hybridized carbons (Fsp3) is 0.200. The van der Waals surface area contributed by atoms with E-state index in [9.17, 15) is 9.59 Å². The summed E-state index contributed by atoms with van der Waals surface area (Å²) in [6.45, 7) is 5.16. The Morgan fingerprint density at radius 3 is 2.47 bits per heavy atom. The lowest BCUT2D eigenvalue weighted by atomic mass is 10.0. The van der Waals surface area contributed by atoms with Gasteiger partial charge in [0.2, 0.25) is 0 Å². The van der Waals surface area contributed by atoms with Gasteiger partial charge in [0.1, 0.15) is 12.4 Å². The second-order valence-electron chi connectivity index (χ2n) is 7.53. The van der Waals surface area contributed by atoms with E-state index in [1.165, 1.54) is 14.0 Å². The maximum absolute atomic E-state index is 13.1. The number of hydrogen-bond donors (Lipinski definition) is 0. The van der Waals surface area contributed by atoms with Crippen LogP contribution in [0, 0.1) is 13.8 Å². The van der Waals surface area contributed by atoms with Crippen molar-refractivity contribution in [3.05, 3.63) is 76.5 Å². The summed E-state index contributed by atoms with van der Waals surface area (Å²) in [5, 5.41) is 4.47. The predicted octanol–water partition coefficient (Wildman–Crippen LogP) is 5.07. The van der Waals surface area contributed by atoms with Crippen molar-refractivity contribution >= 4 is 22.9 Å². The van der Waals surface area contributed by atoms with Crippen LogP contribution in [0.3, 0.4) is 0 Å². The van der Waals surface area contributed by atoms with Crippen molar-refractivity contribution in [1.29, 1.82) is 0 Å². The number of rotatable bonds is 6. The van der Waals surface area contributed by atoms with Crippen LogP contribution in [-0.2, 0) is 11.3 Å². The van der Waals surface area contributed by atoms with Crippen LogP contribution in [0.5, 0.6) is 5.75 Å². The Morgan fingerprint density at radius 1 is 1.03 bits per heavy atom. The fourth-order valence-electron chi connectivity index (χ4n) is 3.46. The van der Waals surface area contributed by atoms with Crippen LogP contribution in [0.25, 0.3) is 22.4 Å². The number of aromatic nitrogens is 2. The maximum atomic E-state index is 13.1. The summed E-state index contributed by atoms with van der Waals surface area (Å²) in [6, 6.07) is 14.5. The molecular weight excluding hydrogens is 408 g/mol. The molecule has 0 N–H and O–H groups in total. The molecule has 0 fully saturated rings. The van der Waals surface area contributed by atoms with Crippen LogP contribution in [-0.4, -0.2) is 29.0 Å². The first-order valence-electron chi connectivity index (χ1n) is 10.1. The van der Waals surface area contributed by atoms with E-state index in [0.29, 0.717) is 39.2 Å². The number of ether oxygens (including phenoxy) is 2. The molecule has 0 aliphatic heterocycles. The van der Waals surface area contributed by atoms with Gasteiger partial charge in [-0.25, -0.2) is 9.78 Å². The second kappa shape index (κ2) is 8.63. The minimum atomic E-state index is -0.549. The van der Waals surface area contributed by atoms with E-state index < -0.39 is 5.97 Å². The monoisotopic (exact) mass is 430 g/mol. The highest BCUT2D eigenvalue weighted by molar-refractivity contribution is 6.04. The number of nitrogens with zero attached hydrogens (tertiary/aromatic N) is 2. The van der Waals surface area contributed by atoms with Gasteiger partial charge in [-0.3, -0.25) is 4.79 Å². The number of hydrogen-bond acceptors (Lipinski definition) is 7. The van der Waals surface area contributed by atoms with Crippen LogP contribution in [0.15, 0.2) is 53.1 Å². The molecule has 0 unspecified atom stereocenters. The van der Waals surface area contributed by atoms with Gasteiger partial charge >= 0.3 is 5.97 Å². The van der Waals surface area contributed by atoms with Gasteiger partial charge < -0.3 is 14.0 Å². The molecule has 162 valence electrons. The molecule has 4 rings (SSSR count). The Kier molecular flexibility index (Phi) is 5.73. The number of carbonyl (C=O) groups excluding carboxylic acids is 2. The van der Waals surface area contributed by atoms with Crippen molar-refractivity contribution < 1.29 is 23.6 Å². The lowest BCUT2D eigenvalue weighted by Gasteiger charge is -2.11. The first-order valence-corrected chi connectivity index (χ1v) is 10.1. The summed E-state index contributed by atoms with van der Waals surface area (Å²) in [5.41, 5.74) is 4.78. The van der Waals surface area contributed by atoms with E-state index >= 15 is 0 Å². The molecule has 2 aromatic carbocycles. The van der Waals surface area contributed by atoms with Crippen LogP contribution in [0.4, 0.5) is 0 Å². The smallest absolute Gasteiger partial charge is 0.339 e. The molecular formula is C25H22N2O5. The van der Waals surface area contributed by atoms with Crippen LogP contribution >= 0.6 is 0 Å². The predicted molar refractivity (Wildman–Crippen MR) is 119 cm³/mol. The molecule has 0 radical (unpaired) electrons. The van der Waals surface area contributed by atoms with Crippen molar-refractivity contribution in [3.8, 4) is 17.0 Å². The summed E-state index contributed by atoms with van der Waals surface area (Å²) in [7, 11) is 1.52. The molecule has 32 heavy (non-hydrogen) atoms. The Bertz CT molecular complexity index is 1320. The average Bonchev–Trinajstić information content (AvgIpc) is 3.17. The quantitative estimate of drug-likeness (QED) is 0.311. The number of aryl methyl sites for hydroxylation is 2. The molecule has 0 atom stereocenters. The molecule has 7 nitrogen and oxygen atoms in total. The van der Waals surface area contributed by atoms with E-state index in [4.69, 9.17) is 14.0 Å². The van der Waals surface area contributed by atoms with Gasteiger partial charge in [-0.05, 0) is 45.0 Å². The largest absolute Gasteiger partial charge is 0.496 e. The number of benzene rings is 2. The molecule has 7 heteroatoms. The first kappa shape index (κ1) is 21.2. The average molecular weight is 430 g/mol. The minimum Gasteiger partial charge on any atom is -0.496 e. The topological polar surface area (TPSA) is 91.5 Å². The van der Waals surface area contributed by atoms with Crippen molar-refractivity contribution in [2.24, 2.45) is 0 Å². The van der Waals surface area contributed by atoms with Crippen molar-refractivity contribution in [2.45, 2.75) is 27.4 Å². The minimum absolute atomic E-state index is 0.0584. The van der Waals surface area contributed by atoms with E-state index in [-0.39, 0.29) is 18.1 Å². The summed E-state index contributed by atoms with van der Waals surface area (Å²) < 4.78 is 16.3. The molecule has 2 heterocycles. The normalized spacial score (nSPS) is 10.9. The van der Waals surface area contributed by atoms with E-state index in [1.807, 2.05) is 31.2 Å². The number of Topliss-reactive ketones (excluding diaryl/α,β-unsaturated/α-hetero) is 1. The molecule has 0 aliphatic carbocycles. The van der Waals surface area contributed by atoms with E-state index in [0.717, 1.165) is 11.1 Å². The van der Waals surface area contributed by atoms with Crippen LogP contribution in [0.2, 0.25) is 0 Å². The van der Waals surface area contributed by atoms with Crippen LogP contribution in [0.1, 0.15) is 44.5 Å².